The Kier molecular flexibility index (Phi) is 5.06. The standard InChI is InChI=1S/C11H9BBrN5O5/c1-22-15-10(9-11(18(20)21)16-23-14-9)17(5-19)6-2-3-7(12)8(13)4-6/h2-5H,12H2,1H3/b15-10-. The number of amidine groups is 1. The fourth-order valence-electron chi connectivity index (χ4n) is 1.70. The van der Waals surface area contributed by atoms with Crippen molar-refractivity contribution in [1.29, 1.82) is 0 Å². The fraction of sp³-hybridized carbons (Fsp3) is 0.0909. The molecule has 1 amide bonds. The summed E-state index contributed by atoms with van der Waals surface area (Å²) in [6.45, 7) is 0. The summed E-state index contributed by atoms with van der Waals surface area (Å²) in [5.74, 6) is -0.912. The molecular formula is C11H9BBrN5O5. The lowest BCUT2D eigenvalue weighted by Gasteiger charge is -2.17. The van der Waals surface area contributed by atoms with Crippen LogP contribution in [-0.4, -0.2) is 42.4 Å². The van der Waals surface area contributed by atoms with Gasteiger partial charge in [-0.25, -0.2) is 0 Å². The number of anilines is 1. The molecule has 10 nitrogen and oxygen atoms in total. The first-order valence-corrected chi connectivity index (χ1v) is 6.88. The molecule has 0 bridgehead atoms. The maximum atomic E-state index is 11.5. The Morgan fingerprint density at radius 2 is 2.30 bits per heavy atom. The van der Waals surface area contributed by atoms with E-state index < -0.39 is 10.7 Å². The number of nitro groups is 1. The molecule has 0 radical (unpaired) electrons. The number of carbonyl (C=O) groups excluding carboxylic acids is 1. The summed E-state index contributed by atoms with van der Waals surface area (Å²) in [6.07, 6.45) is 0.424. The molecule has 0 saturated heterocycles. The third kappa shape index (κ3) is 3.36. The zero-order valence-electron chi connectivity index (χ0n) is 12.0. The zero-order chi connectivity index (χ0) is 17.0. The quantitative estimate of drug-likeness (QED) is 0.178. The largest absolute Gasteiger partial charge is 0.446 e. The Morgan fingerprint density at radius 1 is 1.57 bits per heavy atom. The van der Waals surface area contributed by atoms with Crippen LogP contribution in [-0.2, 0) is 9.63 Å². The van der Waals surface area contributed by atoms with Crippen molar-refractivity contribution in [2.24, 2.45) is 5.16 Å². The van der Waals surface area contributed by atoms with Gasteiger partial charge in [0.15, 0.2) is 5.16 Å². The Bertz CT molecular complexity index is 780. The van der Waals surface area contributed by atoms with Crippen LogP contribution in [0.4, 0.5) is 11.5 Å². The first kappa shape index (κ1) is 16.6. The van der Waals surface area contributed by atoms with Gasteiger partial charge in [0.2, 0.25) is 12.2 Å². The van der Waals surface area contributed by atoms with Crippen LogP contribution in [0.15, 0.2) is 32.5 Å². The van der Waals surface area contributed by atoms with Gasteiger partial charge in [-0.1, -0.05) is 32.6 Å². The highest BCUT2D eigenvalue weighted by atomic mass is 79.9. The van der Waals surface area contributed by atoms with Gasteiger partial charge >= 0.3 is 5.82 Å². The number of aromatic nitrogens is 2. The average molecular weight is 382 g/mol. The van der Waals surface area contributed by atoms with Gasteiger partial charge in [0, 0.05) is 4.47 Å². The molecule has 1 aromatic carbocycles. The highest BCUT2D eigenvalue weighted by Gasteiger charge is 2.32. The molecule has 0 spiro atoms. The fourth-order valence-corrected chi connectivity index (χ4v) is 2.06. The second kappa shape index (κ2) is 7.00. The maximum absolute atomic E-state index is 11.5. The van der Waals surface area contributed by atoms with Gasteiger partial charge in [0.25, 0.3) is 5.69 Å². The summed E-state index contributed by atoms with van der Waals surface area (Å²) in [6, 6.07) is 5.04. The Hall–Kier alpha value is -2.76. The van der Waals surface area contributed by atoms with Gasteiger partial charge < -0.3 is 15.0 Å². The summed E-state index contributed by atoms with van der Waals surface area (Å²) in [7, 11) is 3.10. The van der Waals surface area contributed by atoms with Crippen LogP contribution in [0.1, 0.15) is 5.69 Å². The van der Waals surface area contributed by atoms with Gasteiger partial charge in [-0.05, 0) is 22.2 Å². The van der Waals surface area contributed by atoms with Crippen molar-refractivity contribution < 1.29 is 19.2 Å². The summed E-state index contributed by atoms with van der Waals surface area (Å²) in [5.41, 5.74) is 1.00. The van der Waals surface area contributed by atoms with Crippen molar-refractivity contribution in [2.45, 2.75) is 0 Å². The zero-order valence-corrected chi connectivity index (χ0v) is 13.6. The van der Waals surface area contributed by atoms with Crippen LogP contribution < -0.4 is 10.4 Å². The van der Waals surface area contributed by atoms with Crippen molar-refractivity contribution in [3.8, 4) is 0 Å². The van der Waals surface area contributed by atoms with E-state index in [4.69, 9.17) is 0 Å². The molecule has 118 valence electrons. The maximum Gasteiger partial charge on any atom is 0.446 e. The number of benzene rings is 1. The molecule has 0 aliphatic rings. The van der Waals surface area contributed by atoms with Crippen LogP contribution in [0.2, 0.25) is 0 Å². The number of amides is 1. The lowest BCUT2D eigenvalue weighted by atomic mass is 9.96. The highest BCUT2D eigenvalue weighted by molar-refractivity contribution is 9.10. The van der Waals surface area contributed by atoms with Gasteiger partial charge in [0.05, 0.1) is 5.69 Å². The number of carbonyl (C=O) groups is 1. The van der Waals surface area contributed by atoms with Crippen molar-refractivity contribution >= 4 is 53.0 Å². The molecule has 23 heavy (non-hydrogen) atoms. The third-order valence-corrected chi connectivity index (χ3v) is 3.66. The molecule has 0 atom stereocenters. The van der Waals surface area contributed by atoms with Gasteiger partial charge in [0.1, 0.15) is 15.0 Å². The second-order valence-corrected chi connectivity index (χ2v) is 5.05. The predicted molar refractivity (Wildman–Crippen MR) is 85.4 cm³/mol. The van der Waals surface area contributed by atoms with Crippen molar-refractivity contribution in [1.82, 2.24) is 10.3 Å². The monoisotopic (exact) mass is 381 g/mol. The van der Waals surface area contributed by atoms with Gasteiger partial charge in [-0.15, -0.1) is 4.63 Å². The van der Waals surface area contributed by atoms with Crippen LogP contribution in [0.5, 0.6) is 0 Å². The Labute approximate surface area is 138 Å². The first-order valence-electron chi connectivity index (χ1n) is 6.08. The van der Waals surface area contributed by atoms with E-state index in [2.05, 4.69) is 40.9 Å². The number of nitrogens with zero attached hydrogens (tertiary/aromatic N) is 5. The van der Waals surface area contributed by atoms with Crippen LogP contribution in [0.25, 0.3) is 0 Å². The van der Waals surface area contributed by atoms with E-state index in [0.29, 0.717) is 12.1 Å². The second-order valence-electron chi connectivity index (χ2n) is 4.20. The lowest BCUT2D eigenvalue weighted by Crippen LogP contribution is -2.31. The molecule has 0 N–H and O–H groups in total. The number of hydrogen-bond donors (Lipinski definition) is 0. The van der Waals surface area contributed by atoms with E-state index in [-0.39, 0.29) is 11.5 Å². The third-order valence-electron chi connectivity index (χ3n) is 2.80. The predicted octanol–water partition coefficient (Wildman–Crippen LogP) is -0.0303. The SMILES string of the molecule is Bc1ccc(N(C=O)/C(=N\OC)c2nonc2[N+](=O)[O-])cc1Br. The number of rotatable bonds is 5. The molecule has 0 fully saturated rings. The van der Waals surface area contributed by atoms with E-state index in [9.17, 15) is 14.9 Å². The van der Waals surface area contributed by atoms with E-state index >= 15 is 0 Å². The van der Waals surface area contributed by atoms with E-state index in [0.717, 1.165) is 14.8 Å². The van der Waals surface area contributed by atoms with E-state index in [1.807, 2.05) is 7.85 Å². The van der Waals surface area contributed by atoms with E-state index in [1.54, 1.807) is 18.2 Å². The van der Waals surface area contributed by atoms with Crippen molar-refractivity contribution in [3.05, 3.63) is 38.5 Å². The van der Waals surface area contributed by atoms with Crippen LogP contribution >= 0.6 is 15.9 Å². The molecule has 1 heterocycles. The highest BCUT2D eigenvalue weighted by Crippen LogP contribution is 2.22. The minimum Gasteiger partial charge on any atom is -0.397 e. The minimum absolute atomic E-state index is 0.230. The minimum atomic E-state index is -0.801. The Balaban J connectivity index is 2.56. The van der Waals surface area contributed by atoms with Crippen LogP contribution in [0.3, 0.4) is 0 Å². The molecule has 12 heteroatoms. The summed E-state index contributed by atoms with van der Waals surface area (Å²) in [5, 5.41) is 21.2. The molecule has 0 aliphatic heterocycles. The lowest BCUT2D eigenvalue weighted by molar-refractivity contribution is -0.391. The number of hydrogen-bond acceptors (Lipinski definition) is 8. The smallest absolute Gasteiger partial charge is 0.397 e. The summed E-state index contributed by atoms with van der Waals surface area (Å²) in [4.78, 5) is 27.4. The topological polar surface area (TPSA) is 124 Å². The molecule has 0 saturated carbocycles. The Morgan fingerprint density at radius 3 is 2.87 bits per heavy atom. The summed E-state index contributed by atoms with van der Waals surface area (Å²) < 4.78 is 5.12. The number of halogens is 1. The van der Waals surface area contributed by atoms with E-state index in [1.165, 1.54) is 7.11 Å². The van der Waals surface area contributed by atoms with Crippen LogP contribution in [0, 0.1) is 10.1 Å². The molecule has 0 aliphatic carbocycles. The normalized spacial score (nSPS) is 11.1. The number of oxime groups is 1. The van der Waals surface area contributed by atoms with Gasteiger partial charge in [-0.2, -0.15) is 0 Å². The average Bonchev–Trinajstić information content (AvgIpc) is 3.00. The molecule has 2 aromatic rings. The molecule has 2 rings (SSSR count). The summed E-state index contributed by atoms with van der Waals surface area (Å²) >= 11 is 3.35. The molecule has 0 unspecified atom stereocenters. The van der Waals surface area contributed by atoms with Crippen molar-refractivity contribution in [2.75, 3.05) is 12.0 Å². The first-order chi connectivity index (χ1) is 11.0. The van der Waals surface area contributed by atoms with Gasteiger partial charge in [-0.3, -0.25) is 9.69 Å². The van der Waals surface area contributed by atoms with Crippen molar-refractivity contribution in [3.63, 3.8) is 0 Å². The molecule has 1 aromatic heterocycles. The molecular weight excluding hydrogens is 373 g/mol.